The lowest BCUT2D eigenvalue weighted by Crippen LogP contribution is -2.41. The summed E-state index contributed by atoms with van der Waals surface area (Å²) in [5.41, 5.74) is 5.22. The number of nitrogens with two attached hydrogens (primary N) is 1. The van der Waals surface area contributed by atoms with Crippen LogP contribution in [-0.4, -0.2) is 29.7 Å². The molecule has 1 unspecified atom stereocenters. The Morgan fingerprint density at radius 2 is 1.74 bits per heavy atom. The second-order valence-corrected chi connectivity index (χ2v) is 7.12. The molecule has 0 heterocycles. The van der Waals surface area contributed by atoms with Crippen molar-refractivity contribution in [1.29, 1.82) is 0 Å². The first-order chi connectivity index (χ1) is 8.43. The molecular formula is C15H32N2O2. The van der Waals surface area contributed by atoms with Crippen molar-refractivity contribution in [3.8, 4) is 0 Å². The Labute approximate surface area is 118 Å². The van der Waals surface area contributed by atoms with Crippen LogP contribution in [0.1, 0.15) is 61.3 Å². The Bertz CT molecular complexity index is 280. The lowest BCUT2D eigenvalue weighted by Gasteiger charge is -2.28. The number of ether oxygens (including phenoxy) is 1. The number of hydrogen-bond donors (Lipinski definition) is 2. The Kier molecular flexibility index (Phi) is 7.01. The largest absolute Gasteiger partial charge is 0.375 e. The van der Waals surface area contributed by atoms with Crippen LogP contribution in [0.5, 0.6) is 0 Å². The molecule has 0 aromatic rings. The fourth-order valence-electron chi connectivity index (χ4n) is 1.50. The molecule has 0 saturated heterocycles. The summed E-state index contributed by atoms with van der Waals surface area (Å²) in [6.45, 7) is 14.6. The number of carbonyl (C=O) groups is 1. The molecular weight excluding hydrogens is 240 g/mol. The molecule has 0 bridgehead atoms. The maximum Gasteiger partial charge on any atom is 0.223 e. The third kappa shape index (κ3) is 9.91. The summed E-state index contributed by atoms with van der Waals surface area (Å²) in [5, 5.41) is 3.00. The third-order valence-corrected chi connectivity index (χ3v) is 3.21. The van der Waals surface area contributed by atoms with Crippen LogP contribution in [0.25, 0.3) is 0 Å². The maximum atomic E-state index is 11.9. The number of hydrogen-bond acceptors (Lipinski definition) is 3. The predicted octanol–water partition coefficient (Wildman–Crippen LogP) is 2.46. The minimum absolute atomic E-state index is 0.0400. The molecule has 0 aromatic heterocycles. The molecule has 4 nitrogen and oxygen atoms in total. The maximum absolute atomic E-state index is 11.9. The molecule has 19 heavy (non-hydrogen) atoms. The number of nitrogens with one attached hydrogen (secondary N) is 1. The highest BCUT2D eigenvalue weighted by atomic mass is 16.5. The SMILES string of the molecule is CC(C)C(C)NC(=O)CC(C)(C)OCCC(C)(C)N. The zero-order valence-corrected chi connectivity index (χ0v) is 13.7. The van der Waals surface area contributed by atoms with Crippen LogP contribution >= 0.6 is 0 Å². The van der Waals surface area contributed by atoms with Gasteiger partial charge in [0.15, 0.2) is 0 Å². The van der Waals surface area contributed by atoms with Gasteiger partial charge in [-0.2, -0.15) is 0 Å². The van der Waals surface area contributed by atoms with Crippen molar-refractivity contribution in [2.24, 2.45) is 11.7 Å². The summed E-state index contributed by atoms with van der Waals surface area (Å²) in [6, 6.07) is 0.186. The molecule has 3 N–H and O–H groups in total. The first kappa shape index (κ1) is 18.4. The van der Waals surface area contributed by atoms with E-state index in [2.05, 4.69) is 19.2 Å². The van der Waals surface area contributed by atoms with Crippen LogP contribution in [0.2, 0.25) is 0 Å². The fraction of sp³-hybridized carbons (Fsp3) is 0.933. The van der Waals surface area contributed by atoms with Gasteiger partial charge in [0.2, 0.25) is 5.91 Å². The van der Waals surface area contributed by atoms with E-state index in [1.165, 1.54) is 0 Å². The van der Waals surface area contributed by atoms with Gasteiger partial charge in [-0.25, -0.2) is 0 Å². The Morgan fingerprint density at radius 3 is 2.16 bits per heavy atom. The van der Waals surface area contributed by atoms with Crippen molar-refractivity contribution in [2.45, 2.75) is 78.5 Å². The van der Waals surface area contributed by atoms with E-state index in [4.69, 9.17) is 10.5 Å². The zero-order valence-electron chi connectivity index (χ0n) is 13.7. The molecule has 0 rings (SSSR count). The summed E-state index contributed by atoms with van der Waals surface area (Å²) in [5.74, 6) is 0.476. The molecule has 0 fully saturated rings. The van der Waals surface area contributed by atoms with Gasteiger partial charge in [-0.15, -0.1) is 0 Å². The Balaban J connectivity index is 4.11. The molecule has 1 atom stereocenters. The van der Waals surface area contributed by atoms with E-state index in [1.807, 2.05) is 34.6 Å². The van der Waals surface area contributed by atoms with E-state index in [0.29, 0.717) is 18.9 Å². The molecule has 1 amide bonds. The predicted molar refractivity (Wildman–Crippen MR) is 80.0 cm³/mol. The molecule has 4 heteroatoms. The third-order valence-electron chi connectivity index (χ3n) is 3.21. The summed E-state index contributed by atoms with van der Waals surface area (Å²) in [6.07, 6.45) is 1.15. The highest BCUT2D eigenvalue weighted by Gasteiger charge is 2.24. The Morgan fingerprint density at radius 1 is 1.21 bits per heavy atom. The second kappa shape index (κ2) is 7.25. The summed E-state index contributed by atoms with van der Waals surface area (Å²) >= 11 is 0. The van der Waals surface area contributed by atoms with E-state index in [9.17, 15) is 4.79 Å². The van der Waals surface area contributed by atoms with Gasteiger partial charge in [-0.3, -0.25) is 4.79 Å². The van der Waals surface area contributed by atoms with Crippen molar-refractivity contribution in [2.75, 3.05) is 6.61 Å². The fourth-order valence-corrected chi connectivity index (χ4v) is 1.50. The van der Waals surface area contributed by atoms with E-state index in [1.54, 1.807) is 0 Å². The molecule has 0 aliphatic rings. The molecule has 0 aliphatic heterocycles. The number of amides is 1. The highest BCUT2D eigenvalue weighted by Crippen LogP contribution is 2.17. The normalized spacial score (nSPS) is 14.6. The topological polar surface area (TPSA) is 64.3 Å². The van der Waals surface area contributed by atoms with Gasteiger partial charge >= 0.3 is 0 Å². The van der Waals surface area contributed by atoms with E-state index in [0.717, 1.165) is 6.42 Å². The number of rotatable bonds is 8. The minimum atomic E-state index is -0.452. The smallest absolute Gasteiger partial charge is 0.223 e. The van der Waals surface area contributed by atoms with E-state index >= 15 is 0 Å². The molecule has 0 saturated carbocycles. The average Bonchev–Trinajstić information content (AvgIpc) is 2.12. The monoisotopic (exact) mass is 272 g/mol. The van der Waals surface area contributed by atoms with Crippen LogP contribution in [0, 0.1) is 5.92 Å². The van der Waals surface area contributed by atoms with Crippen molar-refractivity contribution in [3.05, 3.63) is 0 Å². The summed E-state index contributed by atoms with van der Waals surface area (Å²) in [4.78, 5) is 11.9. The van der Waals surface area contributed by atoms with Gasteiger partial charge in [-0.05, 0) is 47.0 Å². The van der Waals surface area contributed by atoms with Crippen LogP contribution in [-0.2, 0) is 9.53 Å². The van der Waals surface area contributed by atoms with Crippen molar-refractivity contribution in [3.63, 3.8) is 0 Å². The Hall–Kier alpha value is -0.610. The van der Waals surface area contributed by atoms with Gasteiger partial charge in [-0.1, -0.05) is 13.8 Å². The van der Waals surface area contributed by atoms with Crippen molar-refractivity contribution in [1.82, 2.24) is 5.32 Å². The molecule has 0 aromatic carbocycles. The number of carbonyl (C=O) groups excluding carboxylic acids is 1. The minimum Gasteiger partial charge on any atom is -0.375 e. The summed E-state index contributed by atoms with van der Waals surface area (Å²) in [7, 11) is 0. The first-order valence-corrected chi connectivity index (χ1v) is 7.15. The van der Waals surface area contributed by atoms with Crippen LogP contribution < -0.4 is 11.1 Å². The van der Waals surface area contributed by atoms with Crippen LogP contribution in [0.4, 0.5) is 0 Å². The second-order valence-electron chi connectivity index (χ2n) is 7.12. The van der Waals surface area contributed by atoms with Gasteiger partial charge < -0.3 is 15.8 Å². The van der Waals surface area contributed by atoms with Gasteiger partial charge in [0.1, 0.15) is 0 Å². The molecule has 0 spiro atoms. The average molecular weight is 272 g/mol. The first-order valence-electron chi connectivity index (χ1n) is 7.15. The lowest BCUT2D eigenvalue weighted by atomic mass is 10.0. The standard InChI is InChI=1S/C15H32N2O2/c1-11(2)12(3)17-13(18)10-15(6,7)19-9-8-14(4,5)16/h11-12H,8-10,16H2,1-7H3,(H,17,18). The van der Waals surface area contributed by atoms with Gasteiger partial charge in [0.05, 0.1) is 12.0 Å². The van der Waals surface area contributed by atoms with Crippen LogP contribution in [0.3, 0.4) is 0 Å². The van der Waals surface area contributed by atoms with E-state index in [-0.39, 0.29) is 17.5 Å². The molecule has 0 radical (unpaired) electrons. The van der Waals surface area contributed by atoms with E-state index < -0.39 is 5.60 Å². The van der Waals surface area contributed by atoms with Crippen molar-refractivity contribution < 1.29 is 9.53 Å². The van der Waals surface area contributed by atoms with Crippen molar-refractivity contribution >= 4 is 5.91 Å². The lowest BCUT2D eigenvalue weighted by molar-refractivity contribution is -0.128. The molecule has 0 aliphatic carbocycles. The quantitative estimate of drug-likeness (QED) is 0.713. The highest BCUT2D eigenvalue weighted by molar-refractivity contribution is 5.77. The van der Waals surface area contributed by atoms with Gasteiger partial charge in [0, 0.05) is 18.2 Å². The summed E-state index contributed by atoms with van der Waals surface area (Å²) < 4.78 is 5.78. The van der Waals surface area contributed by atoms with Crippen LogP contribution in [0.15, 0.2) is 0 Å². The molecule has 114 valence electrons. The zero-order chi connectivity index (χ0) is 15.3. The van der Waals surface area contributed by atoms with Gasteiger partial charge in [0.25, 0.3) is 0 Å².